The number of rotatable bonds is 7. The highest BCUT2D eigenvalue weighted by molar-refractivity contribution is 7.89. The van der Waals surface area contributed by atoms with E-state index in [0.29, 0.717) is 0 Å². The van der Waals surface area contributed by atoms with Crippen LogP contribution in [0.4, 0.5) is 0 Å². The normalized spacial score (nSPS) is 12.3. The van der Waals surface area contributed by atoms with E-state index in [1.165, 1.54) is 18.2 Å². The largest absolute Gasteiger partial charge is 0.346 e. The van der Waals surface area contributed by atoms with Gasteiger partial charge in [-0.15, -0.1) is 0 Å². The van der Waals surface area contributed by atoms with Crippen molar-refractivity contribution in [1.29, 1.82) is 0 Å². The number of carbonyl (C=O) groups excluding carboxylic acids is 1. The smallest absolute Gasteiger partial charge is 0.251 e. The molecule has 5 nitrogen and oxygen atoms in total. The molecular weight excluding hydrogens is 408 g/mol. The summed E-state index contributed by atoms with van der Waals surface area (Å²) in [6, 6.07) is 22.6. The van der Waals surface area contributed by atoms with Gasteiger partial charge in [0.15, 0.2) is 0 Å². The third kappa shape index (κ3) is 5.44. The zero-order chi connectivity index (χ0) is 20.9. The summed E-state index contributed by atoms with van der Waals surface area (Å²) in [5.41, 5.74) is 1.99. The van der Waals surface area contributed by atoms with Gasteiger partial charge >= 0.3 is 0 Å². The van der Waals surface area contributed by atoms with Crippen molar-refractivity contribution >= 4 is 27.5 Å². The summed E-state index contributed by atoms with van der Waals surface area (Å²) >= 11 is 6.12. The minimum Gasteiger partial charge on any atom is -0.346 e. The summed E-state index contributed by atoms with van der Waals surface area (Å²) in [5, 5.41) is 2.93. The van der Waals surface area contributed by atoms with Crippen LogP contribution in [0.25, 0.3) is 0 Å². The van der Waals surface area contributed by atoms with E-state index in [4.69, 9.17) is 11.6 Å². The molecular formula is C22H21ClN2O3S. The fourth-order valence-electron chi connectivity index (χ4n) is 2.81. The van der Waals surface area contributed by atoms with E-state index in [2.05, 4.69) is 10.0 Å². The Balaban J connectivity index is 1.77. The molecule has 150 valence electrons. The lowest BCUT2D eigenvalue weighted by Gasteiger charge is -2.15. The Kier molecular flexibility index (Phi) is 6.69. The van der Waals surface area contributed by atoms with Crippen molar-refractivity contribution in [1.82, 2.24) is 10.0 Å². The van der Waals surface area contributed by atoms with Crippen LogP contribution in [-0.4, -0.2) is 14.3 Å². The lowest BCUT2D eigenvalue weighted by atomic mass is 10.1. The summed E-state index contributed by atoms with van der Waals surface area (Å²) in [6.45, 7) is 1.99. The molecule has 0 fully saturated rings. The lowest BCUT2D eigenvalue weighted by molar-refractivity contribution is 0.0939. The Bertz CT molecular complexity index is 1090. The van der Waals surface area contributed by atoms with Gasteiger partial charge in [0, 0.05) is 12.1 Å². The van der Waals surface area contributed by atoms with Crippen LogP contribution >= 0.6 is 11.6 Å². The van der Waals surface area contributed by atoms with Gasteiger partial charge in [-0.3, -0.25) is 4.79 Å². The first kappa shape index (κ1) is 21.0. The molecule has 3 aromatic rings. The van der Waals surface area contributed by atoms with Gasteiger partial charge < -0.3 is 5.32 Å². The van der Waals surface area contributed by atoms with Crippen LogP contribution in [0.3, 0.4) is 0 Å². The van der Waals surface area contributed by atoms with E-state index in [9.17, 15) is 13.2 Å². The number of hydrogen-bond acceptors (Lipinski definition) is 3. The quantitative estimate of drug-likeness (QED) is 0.588. The zero-order valence-electron chi connectivity index (χ0n) is 15.8. The van der Waals surface area contributed by atoms with Crippen molar-refractivity contribution in [2.45, 2.75) is 24.4 Å². The van der Waals surface area contributed by atoms with Crippen molar-refractivity contribution in [2.24, 2.45) is 0 Å². The number of halogens is 1. The molecule has 0 saturated heterocycles. The molecule has 0 aliphatic carbocycles. The maximum Gasteiger partial charge on any atom is 0.251 e. The maximum absolute atomic E-state index is 12.7. The number of amides is 1. The van der Waals surface area contributed by atoms with Crippen LogP contribution in [0.1, 0.15) is 34.5 Å². The molecule has 0 saturated carbocycles. The van der Waals surface area contributed by atoms with E-state index in [0.717, 1.165) is 11.1 Å². The molecule has 1 amide bonds. The highest BCUT2D eigenvalue weighted by Crippen LogP contribution is 2.23. The summed E-state index contributed by atoms with van der Waals surface area (Å²) in [6.07, 6.45) is 0. The molecule has 0 aromatic heterocycles. The number of hydrogen-bond donors (Lipinski definition) is 2. The van der Waals surface area contributed by atoms with E-state index < -0.39 is 10.0 Å². The third-order valence-electron chi connectivity index (χ3n) is 4.44. The average Bonchev–Trinajstić information content (AvgIpc) is 2.74. The molecule has 3 rings (SSSR count). The molecule has 0 heterocycles. The van der Waals surface area contributed by atoms with E-state index in [1.54, 1.807) is 0 Å². The van der Waals surface area contributed by atoms with Crippen LogP contribution < -0.4 is 10.0 Å². The molecule has 29 heavy (non-hydrogen) atoms. The van der Waals surface area contributed by atoms with Crippen LogP contribution in [0, 0.1) is 0 Å². The van der Waals surface area contributed by atoms with Gasteiger partial charge in [-0.25, -0.2) is 13.1 Å². The SMILES string of the molecule is CC(NC(=O)c1ccc(Cl)c(S(=O)(=O)NCc2ccccc2)c1)c1ccccc1. The molecule has 2 N–H and O–H groups in total. The second kappa shape index (κ2) is 9.22. The molecule has 0 aliphatic heterocycles. The third-order valence-corrected chi connectivity index (χ3v) is 6.32. The zero-order valence-corrected chi connectivity index (χ0v) is 17.4. The number of carbonyl (C=O) groups is 1. The number of sulfonamides is 1. The topological polar surface area (TPSA) is 75.3 Å². The van der Waals surface area contributed by atoms with Crippen LogP contribution in [0.5, 0.6) is 0 Å². The van der Waals surface area contributed by atoms with E-state index in [-0.39, 0.29) is 34.0 Å². The number of benzene rings is 3. The highest BCUT2D eigenvalue weighted by atomic mass is 35.5. The molecule has 1 unspecified atom stereocenters. The van der Waals surface area contributed by atoms with Gasteiger partial charge in [0.25, 0.3) is 5.91 Å². The van der Waals surface area contributed by atoms with Gasteiger partial charge in [0.2, 0.25) is 10.0 Å². The maximum atomic E-state index is 12.7. The summed E-state index contributed by atoms with van der Waals surface area (Å²) in [5.74, 6) is -0.377. The van der Waals surface area contributed by atoms with Crippen molar-refractivity contribution in [3.05, 3.63) is 101 Å². The van der Waals surface area contributed by atoms with Crippen molar-refractivity contribution in [2.75, 3.05) is 0 Å². The minimum absolute atomic E-state index is 0.0539. The Labute approximate surface area is 175 Å². The molecule has 0 aliphatic rings. The lowest BCUT2D eigenvalue weighted by Crippen LogP contribution is -2.27. The Hall–Kier alpha value is -2.67. The monoisotopic (exact) mass is 428 g/mol. The fourth-order valence-corrected chi connectivity index (χ4v) is 4.35. The fraction of sp³-hybridized carbons (Fsp3) is 0.136. The van der Waals surface area contributed by atoms with Gasteiger partial charge in [-0.1, -0.05) is 72.3 Å². The second-order valence-corrected chi connectivity index (χ2v) is 8.70. The van der Waals surface area contributed by atoms with Crippen molar-refractivity contribution in [3.8, 4) is 0 Å². The second-order valence-electron chi connectivity index (χ2n) is 6.56. The van der Waals surface area contributed by atoms with Gasteiger partial charge in [-0.2, -0.15) is 0 Å². The minimum atomic E-state index is -3.89. The average molecular weight is 429 g/mol. The molecule has 0 spiro atoms. The van der Waals surface area contributed by atoms with Gasteiger partial charge in [-0.05, 0) is 36.2 Å². The summed E-state index contributed by atoms with van der Waals surface area (Å²) in [4.78, 5) is 12.5. The predicted molar refractivity (Wildman–Crippen MR) is 114 cm³/mol. The van der Waals surface area contributed by atoms with E-state index in [1.807, 2.05) is 67.6 Å². The first-order chi connectivity index (χ1) is 13.9. The van der Waals surface area contributed by atoms with Gasteiger partial charge in [0.1, 0.15) is 4.90 Å². The summed E-state index contributed by atoms with van der Waals surface area (Å²) < 4.78 is 28.0. The highest BCUT2D eigenvalue weighted by Gasteiger charge is 2.21. The molecule has 1 atom stereocenters. The first-order valence-corrected chi connectivity index (χ1v) is 10.9. The first-order valence-electron chi connectivity index (χ1n) is 9.06. The predicted octanol–water partition coefficient (Wildman–Crippen LogP) is 4.31. The van der Waals surface area contributed by atoms with Crippen LogP contribution in [0.15, 0.2) is 83.8 Å². The van der Waals surface area contributed by atoms with Crippen LogP contribution in [-0.2, 0) is 16.6 Å². The van der Waals surface area contributed by atoms with E-state index >= 15 is 0 Å². The molecule has 3 aromatic carbocycles. The Morgan fingerprint density at radius 2 is 1.59 bits per heavy atom. The Morgan fingerprint density at radius 1 is 0.966 bits per heavy atom. The van der Waals surface area contributed by atoms with Gasteiger partial charge in [0.05, 0.1) is 11.1 Å². The van der Waals surface area contributed by atoms with Crippen molar-refractivity contribution < 1.29 is 13.2 Å². The standard InChI is InChI=1S/C22H21ClN2O3S/c1-16(18-10-6-3-7-11-18)25-22(26)19-12-13-20(23)21(14-19)29(27,28)24-15-17-8-4-2-5-9-17/h2-14,16,24H,15H2,1H3,(H,25,26). The molecule has 0 bridgehead atoms. The Morgan fingerprint density at radius 3 is 2.24 bits per heavy atom. The van der Waals surface area contributed by atoms with Crippen LogP contribution in [0.2, 0.25) is 5.02 Å². The summed E-state index contributed by atoms with van der Waals surface area (Å²) in [7, 11) is -3.89. The number of nitrogens with one attached hydrogen (secondary N) is 2. The van der Waals surface area contributed by atoms with Crippen molar-refractivity contribution in [3.63, 3.8) is 0 Å². The molecule has 0 radical (unpaired) electrons. The molecule has 7 heteroatoms.